The molecule has 13 heteroatoms. The van der Waals surface area contributed by atoms with Crippen LogP contribution in [0, 0.1) is 0 Å². The van der Waals surface area contributed by atoms with Crippen molar-refractivity contribution >= 4 is 56.6 Å². The number of thioether (sulfide) groups is 1. The molecule has 188 valence electrons. The Morgan fingerprint density at radius 2 is 1.83 bits per heavy atom. The molecule has 9 nitrogen and oxygen atoms in total. The summed E-state index contributed by atoms with van der Waals surface area (Å²) in [7, 11) is -3.70. The van der Waals surface area contributed by atoms with Gasteiger partial charge in [-0.3, -0.25) is 4.79 Å². The first kappa shape index (κ1) is 27.4. The molecule has 2 N–H and O–H groups in total. The molecule has 0 saturated heterocycles. The number of carbonyl (C=O) groups excluding carboxylic acids is 1. The molecule has 3 rings (SSSR count). The maximum Gasteiger partial charge on any atom is 0.240 e. The smallest absolute Gasteiger partial charge is 0.240 e. The van der Waals surface area contributed by atoms with Crippen LogP contribution in [0.1, 0.15) is 40.2 Å². The highest BCUT2D eigenvalue weighted by Crippen LogP contribution is 2.30. The minimum Gasteiger partial charge on any atom is -0.324 e. The van der Waals surface area contributed by atoms with Crippen molar-refractivity contribution in [3.8, 4) is 5.69 Å². The molecule has 2 aromatic carbocycles. The minimum atomic E-state index is -3.70. The molecule has 0 aliphatic heterocycles. The van der Waals surface area contributed by atoms with E-state index in [4.69, 9.17) is 23.2 Å². The van der Waals surface area contributed by atoms with E-state index in [1.165, 1.54) is 22.9 Å². The zero-order valence-corrected chi connectivity index (χ0v) is 23.0. The van der Waals surface area contributed by atoms with Crippen molar-refractivity contribution in [3.05, 3.63) is 52.0 Å². The van der Waals surface area contributed by atoms with Gasteiger partial charge in [-0.05, 0) is 65.6 Å². The maximum absolute atomic E-state index is 12.5. The van der Waals surface area contributed by atoms with Crippen molar-refractivity contribution < 1.29 is 13.2 Å². The molecule has 0 unspecified atom stereocenters. The van der Waals surface area contributed by atoms with E-state index in [0.29, 0.717) is 21.6 Å². The fraction of sp³-hybridized carbons (Fsp3) is 0.364. The van der Waals surface area contributed by atoms with Gasteiger partial charge in [0.05, 0.1) is 32.1 Å². The van der Waals surface area contributed by atoms with E-state index in [1.807, 2.05) is 18.2 Å². The van der Waals surface area contributed by atoms with E-state index in [0.717, 1.165) is 17.3 Å². The van der Waals surface area contributed by atoms with Crippen molar-refractivity contribution in [1.29, 1.82) is 0 Å². The van der Waals surface area contributed by atoms with Gasteiger partial charge in [-0.15, -0.1) is 5.10 Å². The Labute approximate surface area is 219 Å². The van der Waals surface area contributed by atoms with Gasteiger partial charge in [0.25, 0.3) is 0 Å². The molecule has 0 aliphatic rings. The standard InChI is InChI=1S/C22H26Cl2N6O3S2/c1-13(2)27-35(32,33)15-7-8-18(16(23)11-15)25-20(31)12-34-21-26-28-29-30(21)19-9-6-14(10-17(19)24)22(3,4)5/h6-11,13,27H,12H2,1-5H3,(H,25,31). The Hall–Kier alpha value is -2.18. The van der Waals surface area contributed by atoms with Crippen LogP contribution in [0.5, 0.6) is 0 Å². The van der Waals surface area contributed by atoms with Gasteiger partial charge >= 0.3 is 0 Å². The summed E-state index contributed by atoms with van der Waals surface area (Å²) in [5.74, 6) is -0.375. The molecule has 0 radical (unpaired) electrons. The van der Waals surface area contributed by atoms with Crippen molar-refractivity contribution in [1.82, 2.24) is 24.9 Å². The lowest BCUT2D eigenvalue weighted by atomic mass is 9.87. The molecule has 0 bridgehead atoms. The molecule has 0 aliphatic carbocycles. The Balaban J connectivity index is 1.69. The number of nitrogens with zero attached hydrogens (tertiary/aromatic N) is 4. The number of benzene rings is 2. The number of nitrogens with one attached hydrogen (secondary N) is 2. The van der Waals surface area contributed by atoms with Crippen LogP contribution in [0.2, 0.25) is 10.0 Å². The third-order valence-corrected chi connectivity index (χ3v) is 7.92. The quantitative estimate of drug-likeness (QED) is 0.386. The molecule has 0 saturated carbocycles. The van der Waals surface area contributed by atoms with E-state index in [-0.39, 0.29) is 33.0 Å². The monoisotopic (exact) mass is 556 g/mol. The normalized spacial score (nSPS) is 12.2. The molecule has 35 heavy (non-hydrogen) atoms. The van der Waals surface area contributed by atoms with Crippen molar-refractivity contribution in [2.75, 3.05) is 11.1 Å². The third-order valence-electron chi connectivity index (χ3n) is 4.73. The number of anilines is 1. The SMILES string of the molecule is CC(C)NS(=O)(=O)c1ccc(NC(=O)CSc2nnnn2-c2ccc(C(C)(C)C)cc2Cl)c(Cl)c1. The van der Waals surface area contributed by atoms with E-state index in [1.54, 1.807) is 13.8 Å². The number of halogens is 2. The van der Waals surface area contributed by atoms with E-state index >= 15 is 0 Å². The van der Waals surface area contributed by atoms with Crippen LogP contribution in [-0.4, -0.2) is 46.3 Å². The fourth-order valence-electron chi connectivity index (χ4n) is 3.02. The second-order valence-electron chi connectivity index (χ2n) is 9.04. The van der Waals surface area contributed by atoms with Gasteiger partial charge in [-0.2, -0.15) is 4.68 Å². The Kier molecular flexibility index (Phi) is 8.48. The number of aromatic nitrogens is 4. The lowest BCUT2D eigenvalue weighted by Crippen LogP contribution is -2.30. The fourth-order valence-corrected chi connectivity index (χ4v) is 5.54. The summed E-state index contributed by atoms with van der Waals surface area (Å²) in [6, 6.07) is 9.53. The van der Waals surface area contributed by atoms with Crippen LogP contribution < -0.4 is 10.0 Å². The highest BCUT2D eigenvalue weighted by atomic mass is 35.5. The van der Waals surface area contributed by atoms with E-state index in [2.05, 4.69) is 46.3 Å². The van der Waals surface area contributed by atoms with E-state index < -0.39 is 10.0 Å². The lowest BCUT2D eigenvalue weighted by molar-refractivity contribution is -0.113. The van der Waals surface area contributed by atoms with Crippen LogP contribution in [0.25, 0.3) is 5.69 Å². The number of carbonyl (C=O) groups is 1. The molecule has 1 heterocycles. The molecule has 0 atom stereocenters. The molecule has 3 aromatic rings. The Morgan fingerprint density at radius 1 is 1.11 bits per heavy atom. The predicted octanol–water partition coefficient (Wildman–Crippen LogP) is 4.68. The number of hydrogen-bond donors (Lipinski definition) is 2. The number of hydrogen-bond acceptors (Lipinski definition) is 7. The molecular weight excluding hydrogens is 531 g/mol. The number of tetrazole rings is 1. The first-order valence-electron chi connectivity index (χ1n) is 10.6. The molecule has 1 aromatic heterocycles. The first-order valence-corrected chi connectivity index (χ1v) is 13.8. The summed E-state index contributed by atoms with van der Waals surface area (Å²) >= 11 is 13.8. The van der Waals surface area contributed by atoms with Crippen LogP contribution in [0.3, 0.4) is 0 Å². The maximum atomic E-state index is 12.5. The predicted molar refractivity (Wildman–Crippen MR) is 139 cm³/mol. The second-order valence-corrected chi connectivity index (χ2v) is 12.5. The van der Waals surface area contributed by atoms with Gasteiger partial charge in [0, 0.05) is 6.04 Å². The number of rotatable bonds is 8. The van der Waals surface area contributed by atoms with Gasteiger partial charge in [0.15, 0.2) is 0 Å². The molecule has 0 spiro atoms. The number of amides is 1. The van der Waals surface area contributed by atoms with Crippen LogP contribution in [0.4, 0.5) is 5.69 Å². The first-order chi connectivity index (χ1) is 16.3. The van der Waals surface area contributed by atoms with Gasteiger partial charge in [-0.25, -0.2) is 13.1 Å². The third kappa shape index (κ3) is 6.95. The van der Waals surface area contributed by atoms with Crippen molar-refractivity contribution in [2.24, 2.45) is 0 Å². The van der Waals surface area contributed by atoms with Crippen molar-refractivity contribution in [3.63, 3.8) is 0 Å². The zero-order valence-electron chi connectivity index (χ0n) is 19.8. The zero-order chi connectivity index (χ0) is 26.0. The molecule has 0 fully saturated rings. The average Bonchev–Trinajstić information content (AvgIpc) is 3.20. The highest BCUT2D eigenvalue weighted by Gasteiger charge is 2.20. The summed E-state index contributed by atoms with van der Waals surface area (Å²) < 4.78 is 28.6. The van der Waals surface area contributed by atoms with Crippen LogP contribution in [0.15, 0.2) is 46.5 Å². The van der Waals surface area contributed by atoms with Gasteiger partial charge < -0.3 is 5.32 Å². The van der Waals surface area contributed by atoms with Gasteiger partial charge in [0.2, 0.25) is 21.1 Å². The highest BCUT2D eigenvalue weighted by molar-refractivity contribution is 7.99. The summed E-state index contributed by atoms with van der Waals surface area (Å²) in [4.78, 5) is 12.5. The summed E-state index contributed by atoms with van der Waals surface area (Å²) in [6.07, 6.45) is 0. The average molecular weight is 558 g/mol. The topological polar surface area (TPSA) is 119 Å². The summed E-state index contributed by atoms with van der Waals surface area (Å²) in [5, 5.41) is 15.4. The van der Waals surface area contributed by atoms with E-state index in [9.17, 15) is 13.2 Å². The van der Waals surface area contributed by atoms with Crippen LogP contribution in [-0.2, 0) is 20.2 Å². The summed E-state index contributed by atoms with van der Waals surface area (Å²) in [5.41, 5.74) is 1.90. The van der Waals surface area contributed by atoms with Crippen molar-refractivity contribution in [2.45, 2.75) is 56.1 Å². The molecular formula is C22H26Cl2N6O3S2. The Bertz CT molecular complexity index is 1340. The summed E-state index contributed by atoms with van der Waals surface area (Å²) in [6.45, 7) is 9.72. The lowest BCUT2D eigenvalue weighted by Gasteiger charge is -2.20. The molecule has 1 amide bonds. The van der Waals surface area contributed by atoms with Gasteiger partial charge in [-0.1, -0.05) is 61.8 Å². The van der Waals surface area contributed by atoms with Crippen LogP contribution >= 0.6 is 35.0 Å². The second kappa shape index (κ2) is 10.8. The van der Waals surface area contributed by atoms with Gasteiger partial charge in [0.1, 0.15) is 0 Å². The minimum absolute atomic E-state index is 0.0106. The largest absolute Gasteiger partial charge is 0.324 e. The Morgan fingerprint density at radius 3 is 2.43 bits per heavy atom. The number of sulfonamides is 1.